The number of halogens is 1. The second kappa shape index (κ2) is 7.98. The molecule has 7 heteroatoms. The van der Waals surface area contributed by atoms with E-state index in [1.807, 2.05) is 30.1 Å². The minimum absolute atomic E-state index is 0.0771. The van der Waals surface area contributed by atoms with Crippen LogP contribution in [0.5, 0.6) is 0 Å². The van der Waals surface area contributed by atoms with Crippen molar-refractivity contribution in [2.24, 2.45) is 7.05 Å². The fourth-order valence-corrected chi connectivity index (χ4v) is 3.54. The molecular weight excluding hydrogens is 357 g/mol. The van der Waals surface area contributed by atoms with Crippen molar-refractivity contribution in [3.05, 3.63) is 65.7 Å². The molecule has 1 aromatic heterocycles. The molecule has 0 atom stereocenters. The summed E-state index contributed by atoms with van der Waals surface area (Å²) in [5.41, 5.74) is 3.03. The van der Waals surface area contributed by atoms with Gasteiger partial charge >= 0.3 is 6.03 Å². The third-order valence-electron chi connectivity index (χ3n) is 5.26. The van der Waals surface area contributed by atoms with Gasteiger partial charge in [0.05, 0.1) is 17.6 Å². The van der Waals surface area contributed by atoms with Gasteiger partial charge in [0.15, 0.2) is 0 Å². The normalized spacial score (nSPS) is 15.1. The predicted molar refractivity (Wildman–Crippen MR) is 106 cm³/mol. The first-order chi connectivity index (χ1) is 13.6. The number of aromatic nitrogens is 2. The molecule has 4 rings (SSSR count). The summed E-state index contributed by atoms with van der Waals surface area (Å²) in [6.45, 7) is 4.16. The van der Waals surface area contributed by atoms with Crippen LogP contribution in [0.25, 0.3) is 11.0 Å². The van der Waals surface area contributed by atoms with Crippen LogP contribution in [0.3, 0.4) is 0 Å². The van der Waals surface area contributed by atoms with Crippen molar-refractivity contribution in [3.63, 3.8) is 0 Å². The molecule has 6 nitrogen and oxygen atoms in total. The molecule has 1 saturated heterocycles. The van der Waals surface area contributed by atoms with E-state index in [1.54, 1.807) is 12.1 Å². The van der Waals surface area contributed by atoms with E-state index in [1.165, 1.54) is 12.1 Å². The van der Waals surface area contributed by atoms with Crippen LogP contribution >= 0.6 is 0 Å². The van der Waals surface area contributed by atoms with E-state index < -0.39 is 0 Å². The molecule has 2 heterocycles. The number of urea groups is 1. The van der Waals surface area contributed by atoms with Crippen molar-refractivity contribution in [3.8, 4) is 0 Å². The molecule has 1 aliphatic heterocycles. The Morgan fingerprint density at radius 3 is 2.50 bits per heavy atom. The Labute approximate surface area is 163 Å². The van der Waals surface area contributed by atoms with E-state index in [2.05, 4.69) is 20.9 Å². The number of nitrogens with zero attached hydrogens (tertiary/aromatic N) is 4. The molecule has 0 aliphatic carbocycles. The highest BCUT2D eigenvalue weighted by molar-refractivity contribution is 5.75. The second-order valence-electron chi connectivity index (χ2n) is 7.12. The van der Waals surface area contributed by atoms with Crippen molar-refractivity contribution < 1.29 is 9.18 Å². The summed E-state index contributed by atoms with van der Waals surface area (Å²) >= 11 is 0. The minimum atomic E-state index is -0.271. The van der Waals surface area contributed by atoms with Crippen LogP contribution in [0.2, 0.25) is 0 Å². The Kier molecular flexibility index (Phi) is 5.25. The number of piperazine rings is 1. The van der Waals surface area contributed by atoms with E-state index in [4.69, 9.17) is 4.98 Å². The van der Waals surface area contributed by atoms with Gasteiger partial charge in [0.1, 0.15) is 11.6 Å². The predicted octanol–water partition coefficient (Wildman–Crippen LogP) is 2.74. The lowest BCUT2D eigenvalue weighted by atomic mass is 10.2. The molecule has 0 spiro atoms. The molecule has 1 N–H and O–H groups in total. The fourth-order valence-electron chi connectivity index (χ4n) is 3.54. The number of para-hydroxylation sites is 2. The molecule has 0 unspecified atom stereocenters. The van der Waals surface area contributed by atoms with E-state index in [0.717, 1.165) is 42.1 Å². The first-order valence-corrected chi connectivity index (χ1v) is 9.50. The van der Waals surface area contributed by atoms with E-state index in [0.29, 0.717) is 19.6 Å². The molecule has 1 aliphatic rings. The zero-order chi connectivity index (χ0) is 19.5. The van der Waals surface area contributed by atoms with E-state index in [-0.39, 0.29) is 11.8 Å². The zero-order valence-electron chi connectivity index (χ0n) is 15.9. The van der Waals surface area contributed by atoms with Crippen molar-refractivity contribution in [1.82, 2.24) is 24.7 Å². The highest BCUT2D eigenvalue weighted by atomic mass is 19.1. The Hall–Kier alpha value is -2.93. The maximum absolute atomic E-state index is 12.9. The van der Waals surface area contributed by atoms with Crippen LogP contribution in [0.4, 0.5) is 9.18 Å². The van der Waals surface area contributed by atoms with Crippen LogP contribution in [0, 0.1) is 5.82 Å². The number of amides is 2. The van der Waals surface area contributed by atoms with Crippen molar-refractivity contribution in [2.75, 3.05) is 26.2 Å². The number of imidazole rings is 1. The van der Waals surface area contributed by atoms with Crippen molar-refractivity contribution in [1.29, 1.82) is 0 Å². The van der Waals surface area contributed by atoms with Gasteiger partial charge in [-0.1, -0.05) is 24.3 Å². The Bertz CT molecular complexity index is 961. The second-order valence-corrected chi connectivity index (χ2v) is 7.12. The summed E-state index contributed by atoms with van der Waals surface area (Å²) in [6, 6.07) is 14.2. The highest BCUT2D eigenvalue weighted by Gasteiger charge is 2.22. The number of aryl methyl sites for hydroxylation is 1. The third kappa shape index (κ3) is 3.99. The zero-order valence-corrected chi connectivity index (χ0v) is 15.9. The maximum Gasteiger partial charge on any atom is 0.317 e. The summed E-state index contributed by atoms with van der Waals surface area (Å²) in [4.78, 5) is 21.3. The number of hydrogen-bond donors (Lipinski definition) is 1. The molecule has 2 amide bonds. The number of carbonyl (C=O) groups is 1. The molecule has 146 valence electrons. The van der Waals surface area contributed by atoms with Gasteiger partial charge in [-0.15, -0.1) is 0 Å². The van der Waals surface area contributed by atoms with Crippen LogP contribution in [0.15, 0.2) is 48.5 Å². The summed E-state index contributed by atoms with van der Waals surface area (Å²) in [5.74, 6) is 0.766. The average Bonchev–Trinajstić information content (AvgIpc) is 3.03. The highest BCUT2D eigenvalue weighted by Crippen LogP contribution is 2.16. The Morgan fingerprint density at radius 2 is 1.79 bits per heavy atom. The number of benzene rings is 2. The number of carbonyl (C=O) groups excluding carboxylic acids is 1. The summed E-state index contributed by atoms with van der Waals surface area (Å²) in [6.07, 6.45) is 0. The lowest BCUT2D eigenvalue weighted by molar-refractivity contribution is 0.133. The Morgan fingerprint density at radius 1 is 1.07 bits per heavy atom. The van der Waals surface area contributed by atoms with Crippen molar-refractivity contribution in [2.45, 2.75) is 13.1 Å². The third-order valence-corrected chi connectivity index (χ3v) is 5.26. The maximum atomic E-state index is 12.9. The molecule has 1 fully saturated rings. The van der Waals surface area contributed by atoms with Crippen LogP contribution in [0.1, 0.15) is 11.4 Å². The fraction of sp³-hybridized carbons (Fsp3) is 0.333. The number of nitrogens with one attached hydrogen (secondary N) is 1. The largest absolute Gasteiger partial charge is 0.334 e. The van der Waals surface area contributed by atoms with Crippen LogP contribution < -0.4 is 5.32 Å². The van der Waals surface area contributed by atoms with Gasteiger partial charge in [0.25, 0.3) is 0 Å². The van der Waals surface area contributed by atoms with Gasteiger partial charge in [0, 0.05) is 39.8 Å². The summed E-state index contributed by atoms with van der Waals surface area (Å²) in [5, 5.41) is 2.91. The first kappa shape index (κ1) is 18.4. The monoisotopic (exact) mass is 381 g/mol. The Balaban J connectivity index is 1.28. The smallest absolute Gasteiger partial charge is 0.317 e. The van der Waals surface area contributed by atoms with Gasteiger partial charge in [-0.25, -0.2) is 14.2 Å². The summed E-state index contributed by atoms with van der Waals surface area (Å²) in [7, 11) is 2.05. The molecule has 0 bridgehead atoms. The molecule has 2 aromatic carbocycles. The van der Waals surface area contributed by atoms with Crippen molar-refractivity contribution >= 4 is 17.1 Å². The van der Waals surface area contributed by atoms with Gasteiger partial charge in [-0.3, -0.25) is 4.90 Å². The minimum Gasteiger partial charge on any atom is -0.334 e. The number of fused-ring (bicyclic) bond motifs is 1. The number of rotatable bonds is 4. The lowest BCUT2D eigenvalue weighted by Gasteiger charge is -2.34. The van der Waals surface area contributed by atoms with Gasteiger partial charge in [0.2, 0.25) is 0 Å². The van der Waals surface area contributed by atoms with Gasteiger partial charge in [-0.2, -0.15) is 0 Å². The topological polar surface area (TPSA) is 53.4 Å². The van der Waals surface area contributed by atoms with Crippen LogP contribution in [-0.2, 0) is 20.1 Å². The van der Waals surface area contributed by atoms with Crippen LogP contribution in [-0.4, -0.2) is 51.6 Å². The molecule has 28 heavy (non-hydrogen) atoms. The molecule has 3 aromatic rings. The average molecular weight is 381 g/mol. The molecular formula is C21H24FN5O. The molecule has 0 saturated carbocycles. The quantitative estimate of drug-likeness (QED) is 0.756. The first-order valence-electron chi connectivity index (χ1n) is 9.50. The standard InChI is InChI=1S/C21H24FN5O/c1-25-19-5-3-2-4-18(19)24-20(25)15-26-10-12-27(13-11-26)21(28)23-14-16-6-8-17(22)9-7-16/h2-9H,10-15H2,1H3,(H,23,28). The van der Waals surface area contributed by atoms with Gasteiger partial charge < -0.3 is 14.8 Å². The van der Waals surface area contributed by atoms with E-state index >= 15 is 0 Å². The molecule has 0 radical (unpaired) electrons. The van der Waals surface area contributed by atoms with E-state index in [9.17, 15) is 9.18 Å². The lowest BCUT2D eigenvalue weighted by Crippen LogP contribution is -2.51. The summed E-state index contributed by atoms with van der Waals surface area (Å²) < 4.78 is 15.1. The van der Waals surface area contributed by atoms with Gasteiger partial charge in [-0.05, 0) is 29.8 Å². The SMILES string of the molecule is Cn1c(CN2CCN(C(=O)NCc3ccc(F)cc3)CC2)nc2ccccc21. The number of hydrogen-bond acceptors (Lipinski definition) is 3.